The summed E-state index contributed by atoms with van der Waals surface area (Å²) < 4.78 is 2.04. The second kappa shape index (κ2) is 3.73. The number of halogens is 2. The molecule has 1 N–H and O–H groups in total. The summed E-state index contributed by atoms with van der Waals surface area (Å²) >= 11 is 16.7. The summed E-state index contributed by atoms with van der Waals surface area (Å²) in [6.45, 7) is 0. The van der Waals surface area contributed by atoms with Crippen molar-refractivity contribution < 1.29 is 0 Å². The van der Waals surface area contributed by atoms with E-state index in [1.807, 2.05) is 12.1 Å². The van der Waals surface area contributed by atoms with Gasteiger partial charge in [-0.25, -0.2) is 0 Å². The van der Waals surface area contributed by atoms with Gasteiger partial charge >= 0.3 is 0 Å². The molecule has 0 saturated heterocycles. The lowest BCUT2D eigenvalue weighted by molar-refractivity contribution is 1.03. The van der Waals surface area contributed by atoms with Crippen molar-refractivity contribution in [1.82, 2.24) is 14.8 Å². The molecule has 0 fully saturated rings. The lowest BCUT2D eigenvalue weighted by atomic mass is 10.3. The molecular weight excluding hydrogens is 241 g/mol. The number of aromatic amines is 1. The van der Waals surface area contributed by atoms with Gasteiger partial charge in [-0.05, 0) is 42.0 Å². The number of hydrogen-bond acceptors (Lipinski definition) is 2. The molecule has 6 heteroatoms. The normalized spacial score (nSPS) is 10.4. The van der Waals surface area contributed by atoms with E-state index in [1.54, 1.807) is 16.7 Å². The second-order valence-corrected chi connectivity index (χ2v) is 3.77. The average Bonchev–Trinajstić information content (AvgIpc) is 2.46. The first-order valence-electron chi connectivity index (χ1n) is 3.77. The predicted octanol–water partition coefficient (Wildman–Crippen LogP) is 3.24. The topological polar surface area (TPSA) is 33.6 Å². The SMILES string of the molecule is S=c1[nH]nc(Cl)n1-c1cccc(Cl)c1. The van der Waals surface area contributed by atoms with E-state index in [4.69, 9.17) is 35.4 Å². The van der Waals surface area contributed by atoms with Gasteiger partial charge in [-0.2, -0.15) is 0 Å². The molecule has 0 saturated carbocycles. The van der Waals surface area contributed by atoms with E-state index in [0.29, 0.717) is 9.79 Å². The Balaban J connectivity index is 2.66. The van der Waals surface area contributed by atoms with Crippen molar-refractivity contribution in [2.24, 2.45) is 0 Å². The van der Waals surface area contributed by atoms with Crippen LogP contribution in [0.4, 0.5) is 0 Å². The maximum Gasteiger partial charge on any atom is 0.228 e. The first-order valence-corrected chi connectivity index (χ1v) is 4.94. The van der Waals surface area contributed by atoms with Crippen molar-refractivity contribution in [2.45, 2.75) is 0 Å². The van der Waals surface area contributed by atoms with Gasteiger partial charge in [0, 0.05) is 5.02 Å². The molecule has 1 aromatic carbocycles. The molecule has 14 heavy (non-hydrogen) atoms. The molecule has 0 aliphatic heterocycles. The summed E-state index contributed by atoms with van der Waals surface area (Å²) in [7, 11) is 0. The Morgan fingerprint density at radius 1 is 1.36 bits per heavy atom. The smallest absolute Gasteiger partial charge is 0.228 e. The van der Waals surface area contributed by atoms with Crippen LogP contribution in [0.15, 0.2) is 24.3 Å². The maximum absolute atomic E-state index is 5.85. The van der Waals surface area contributed by atoms with Crippen molar-refractivity contribution >= 4 is 35.4 Å². The number of H-pyrrole nitrogens is 1. The van der Waals surface area contributed by atoms with Gasteiger partial charge in [0.25, 0.3) is 0 Å². The van der Waals surface area contributed by atoms with Crippen molar-refractivity contribution in [2.75, 3.05) is 0 Å². The standard InChI is InChI=1S/C8H5Cl2N3S/c9-5-2-1-3-6(4-5)13-7(10)11-12-8(13)14/h1-4H,(H,12,14). The largest absolute Gasteiger partial charge is 0.259 e. The lowest BCUT2D eigenvalue weighted by Gasteiger charge is -2.02. The molecule has 0 radical (unpaired) electrons. The first kappa shape index (κ1) is 9.71. The summed E-state index contributed by atoms with van der Waals surface area (Å²) in [5.41, 5.74) is 0.793. The van der Waals surface area contributed by atoms with Gasteiger partial charge in [-0.15, -0.1) is 5.10 Å². The highest BCUT2D eigenvalue weighted by Crippen LogP contribution is 2.18. The fourth-order valence-electron chi connectivity index (χ4n) is 1.12. The fourth-order valence-corrected chi connectivity index (χ4v) is 1.81. The van der Waals surface area contributed by atoms with Crippen molar-refractivity contribution in [3.8, 4) is 5.69 Å². The molecule has 0 unspecified atom stereocenters. The Hall–Kier alpha value is -0.840. The fraction of sp³-hybridized carbons (Fsp3) is 0. The lowest BCUT2D eigenvalue weighted by Crippen LogP contribution is -1.93. The Bertz CT molecular complexity index is 517. The molecule has 1 aromatic heterocycles. The second-order valence-electron chi connectivity index (χ2n) is 2.61. The van der Waals surface area contributed by atoms with E-state index in [1.165, 1.54) is 0 Å². The van der Waals surface area contributed by atoms with Gasteiger partial charge in [-0.3, -0.25) is 9.67 Å². The molecule has 72 valence electrons. The number of nitrogens with zero attached hydrogens (tertiary/aromatic N) is 2. The zero-order valence-electron chi connectivity index (χ0n) is 6.87. The van der Waals surface area contributed by atoms with Crippen molar-refractivity contribution in [3.63, 3.8) is 0 Å². The number of benzene rings is 1. The van der Waals surface area contributed by atoms with Crippen LogP contribution in [0.1, 0.15) is 0 Å². The van der Waals surface area contributed by atoms with Crippen LogP contribution in [-0.2, 0) is 0 Å². The molecule has 3 nitrogen and oxygen atoms in total. The third kappa shape index (κ3) is 1.68. The Morgan fingerprint density at radius 3 is 2.71 bits per heavy atom. The Morgan fingerprint density at radius 2 is 2.14 bits per heavy atom. The van der Waals surface area contributed by atoms with Gasteiger partial charge < -0.3 is 0 Å². The van der Waals surface area contributed by atoms with Gasteiger partial charge in [-0.1, -0.05) is 17.7 Å². The van der Waals surface area contributed by atoms with Crippen LogP contribution in [0.3, 0.4) is 0 Å². The summed E-state index contributed by atoms with van der Waals surface area (Å²) in [6, 6.07) is 7.22. The zero-order chi connectivity index (χ0) is 10.1. The monoisotopic (exact) mass is 245 g/mol. The third-order valence-corrected chi connectivity index (χ3v) is 2.46. The first-order chi connectivity index (χ1) is 6.68. The minimum atomic E-state index is 0.289. The molecule has 0 bridgehead atoms. The zero-order valence-corrected chi connectivity index (χ0v) is 9.20. The van der Waals surface area contributed by atoms with Gasteiger partial charge in [0.15, 0.2) is 0 Å². The van der Waals surface area contributed by atoms with Crippen LogP contribution >= 0.6 is 35.4 Å². The summed E-state index contributed by atoms with van der Waals surface area (Å²) in [5, 5.41) is 7.30. The number of nitrogens with one attached hydrogen (secondary N) is 1. The third-order valence-electron chi connectivity index (χ3n) is 1.70. The highest BCUT2D eigenvalue weighted by molar-refractivity contribution is 7.71. The van der Waals surface area contributed by atoms with E-state index >= 15 is 0 Å². The number of rotatable bonds is 1. The van der Waals surface area contributed by atoms with Crippen LogP contribution < -0.4 is 0 Å². The van der Waals surface area contributed by atoms with E-state index in [0.717, 1.165) is 5.69 Å². The number of aromatic nitrogens is 3. The minimum Gasteiger partial charge on any atom is -0.259 e. The van der Waals surface area contributed by atoms with Crippen LogP contribution in [-0.4, -0.2) is 14.8 Å². The van der Waals surface area contributed by atoms with Crippen molar-refractivity contribution in [3.05, 3.63) is 39.3 Å². The molecule has 0 spiro atoms. The van der Waals surface area contributed by atoms with Crippen LogP contribution in [0.25, 0.3) is 5.69 Å². The summed E-state index contributed by atoms with van der Waals surface area (Å²) in [6.07, 6.45) is 0. The molecular formula is C8H5Cl2N3S. The van der Waals surface area contributed by atoms with Gasteiger partial charge in [0.05, 0.1) is 5.69 Å². The Kier molecular flexibility index (Phi) is 2.58. The molecule has 0 aliphatic carbocycles. The van der Waals surface area contributed by atoms with E-state index < -0.39 is 0 Å². The number of hydrogen-bond donors (Lipinski definition) is 1. The quantitative estimate of drug-likeness (QED) is 0.783. The van der Waals surface area contributed by atoms with Crippen LogP contribution in [0, 0.1) is 4.77 Å². The molecule has 2 rings (SSSR count). The summed E-state index contributed by atoms with van der Waals surface area (Å²) in [5.74, 6) is 0. The minimum absolute atomic E-state index is 0.289. The Labute approximate surface area is 95.3 Å². The molecule has 1 heterocycles. The molecule has 0 aliphatic rings. The highest BCUT2D eigenvalue weighted by atomic mass is 35.5. The van der Waals surface area contributed by atoms with Crippen LogP contribution in [0.2, 0.25) is 10.3 Å². The predicted molar refractivity (Wildman–Crippen MR) is 58.8 cm³/mol. The molecule has 0 atom stereocenters. The molecule has 0 amide bonds. The van der Waals surface area contributed by atoms with Gasteiger partial charge in [0.1, 0.15) is 0 Å². The van der Waals surface area contributed by atoms with E-state index in [-0.39, 0.29) is 5.28 Å². The van der Waals surface area contributed by atoms with E-state index in [2.05, 4.69) is 10.2 Å². The average molecular weight is 246 g/mol. The maximum atomic E-state index is 5.85. The highest BCUT2D eigenvalue weighted by Gasteiger charge is 2.05. The van der Waals surface area contributed by atoms with Gasteiger partial charge in [0.2, 0.25) is 10.1 Å². The summed E-state index contributed by atoms with van der Waals surface area (Å²) in [4.78, 5) is 0. The molecule has 2 aromatic rings. The van der Waals surface area contributed by atoms with Crippen molar-refractivity contribution in [1.29, 1.82) is 0 Å². The van der Waals surface area contributed by atoms with Crippen LogP contribution in [0.5, 0.6) is 0 Å². The van der Waals surface area contributed by atoms with E-state index in [9.17, 15) is 0 Å².